The Morgan fingerprint density at radius 1 is 1.24 bits per heavy atom. The second-order valence-electron chi connectivity index (χ2n) is 7.29. The van der Waals surface area contributed by atoms with Crippen LogP contribution < -0.4 is 5.73 Å². The average Bonchev–Trinajstić information content (AvgIpc) is 3.31. The predicted molar refractivity (Wildman–Crippen MR) is 91.4 cm³/mol. The molecule has 0 heterocycles. The zero-order valence-electron chi connectivity index (χ0n) is 14.0. The Hall–Kier alpha value is -0.860. The van der Waals surface area contributed by atoms with E-state index >= 15 is 0 Å². The molecule has 1 aliphatic rings. The zero-order valence-corrected chi connectivity index (χ0v) is 14.0. The summed E-state index contributed by atoms with van der Waals surface area (Å²) in [4.78, 5) is 2.72. The van der Waals surface area contributed by atoms with Crippen LogP contribution in [0.3, 0.4) is 0 Å². The highest BCUT2D eigenvalue weighted by Gasteiger charge is 2.39. The standard InChI is InChI=1S/C19H32N2/c1-16(2)12-14-21(18-9-10-18)19(3,15-20)13-11-17-7-5-4-6-8-17/h4-8,16,18H,9-15,20H2,1-3H3. The predicted octanol–water partition coefficient (Wildman–Crippen LogP) is 3.85. The van der Waals surface area contributed by atoms with E-state index in [4.69, 9.17) is 5.73 Å². The average molecular weight is 288 g/mol. The van der Waals surface area contributed by atoms with Crippen LogP contribution >= 0.6 is 0 Å². The fourth-order valence-electron chi connectivity index (χ4n) is 3.10. The molecule has 2 nitrogen and oxygen atoms in total. The normalized spacial score (nSPS) is 18.2. The van der Waals surface area contributed by atoms with E-state index in [0.717, 1.165) is 31.3 Å². The first-order valence-electron chi connectivity index (χ1n) is 8.56. The van der Waals surface area contributed by atoms with Gasteiger partial charge >= 0.3 is 0 Å². The van der Waals surface area contributed by atoms with E-state index in [2.05, 4.69) is 56.0 Å². The number of hydrogen-bond acceptors (Lipinski definition) is 2. The number of hydrogen-bond donors (Lipinski definition) is 1. The van der Waals surface area contributed by atoms with Crippen molar-refractivity contribution in [2.75, 3.05) is 13.1 Å². The summed E-state index contributed by atoms with van der Waals surface area (Å²) in [6.45, 7) is 8.96. The first-order chi connectivity index (χ1) is 10.0. The summed E-state index contributed by atoms with van der Waals surface area (Å²) < 4.78 is 0. The highest BCUT2D eigenvalue weighted by atomic mass is 15.2. The van der Waals surface area contributed by atoms with Crippen LogP contribution in [-0.4, -0.2) is 29.6 Å². The summed E-state index contributed by atoms with van der Waals surface area (Å²) >= 11 is 0. The van der Waals surface area contributed by atoms with Crippen LogP contribution in [0.25, 0.3) is 0 Å². The molecule has 21 heavy (non-hydrogen) atoms. The van der Waals surface area contributed by atoms with Gasteiger partial charge in [0, 0.05) is 18.1 Å². The van der Waals surface area contributed by atoms with Gasteiger partial charge in [-0.3, -0.25) is 4.90 Å². The fraction of sp³-hybridized carbons (Fsp3) is 0.684. The van der Waals surface area contributed by atoms with Crippen molar-refractivity contribution in [3.63, 3.8) is 0 Å². The van der Waals surface area contributed by atoms with Crippen LogP contribution in [-0.2, 0) is 6.42 Å². The molecule has 0 amide bonds. The Labute approximate surface area is 130 Å². The van der Waals surface area contributed by atoms with Gasteiger partial charge in [-0.25, -0.2) is 0 Å². The van der Waals surface area contributed by atoms with Crippen molar-refractivity contribution in [1.82, 2.24) is 4.90 Å². The Balaban J connectivity index is 1.99. The number of aryl methyl sites for hydroxylation is 1. The lowest BCUT2D eigenvalue weighted by molar-refractivity contribution is 0.0866. The van der Waals surface area contributed by atoms with E-state index in [1.807, 2.05) is 0 Å². The second kappa shape index (κ2) is 7.42. The monoisotopic (exact) mass is 288 g/mol. The third kappa shape index (κ3) is 4.82. The first kappa shape index (κ1) is 16.5. The van der Waals surface area contributed by atoms with Gasteiger partial charge in [-0.2, -0.15) is 0 Å². The van der Waals surface area contributed by atoms with Gasteiger partial charge in [-0.05, 0) is 57.1 Å². The SMILES string of the molecule is CC(C)CCN(C1CC1)C(C)(CN)CCc1ccccc1. The lowest BCUT2D eigenvalue weighted by Gasteiger charge is -2.42. The highest BCUT2D eigenvalue weighted by molar-refractivity contribution is 5.15. The summed E-state index contributed by atoms with van der Waals surface area (Å²) in [5.41, 5.74) is 7.77. The minimum atomic E-state index is 0.145. The van der Waals surface area contributed by atoms with Crippen molar-refractivity contribution < 1.29 is 0 Å². The highest BCUT2D eigenvalue weighted by Crippen LogP contribution is 2.35. The molecule has 2 rings (SSSR count). The molecule has 0 bridgehead atoms. The summed E-state index contributed by atoms with van der Waals surface area (Å²) in [5.74, 6) is 0.766. The molecule has 0 aromatic heterocycles. The molecule has 1 aliphatic carbocycles. The quantitative estimate of drug-likeness (QED) is 0.748. The minimum absolute atomic E-state index is 0.145. The van der Waals surface area contributed by atoms with Gasteiger partial charge < -0.3 is 5.73 Å². The van der Waals surface area contributed by atoms with Crippen molar-refractivity contribution in [3.8, 4) is 0 Å². The van der Waals surface area contributed by atoms with Gasteiger partial charge in [0.15, 0.2) is 0 Å². The smallest absolute Gasteiger partial charge is 0.0309 e. The molecule has 1 aromatic rings. The van der Waals surface area contributed by atoms with Crippen LogP contribution in [0, 0.1) is 5.92 Å². The molecule has 2 N–H and O–H groups in total. The van der Waals surface area contributed by atoms with Crippen molar-refractivity contribution in [1.29, 1.82) is 0 Å². The second-order valence-corrected chi connectivity index (χ2v) is 7.29. The van der Waals surface area contributed by atoms with E-state index in [9.17, 15) is 0 Å². The van der Waals surface area contributed by atoms with Crippen LogP contribution in [0.4, 0.5) is 0 Å². The van der Waals surface area contributed by atoms with E-state index < -0.39 is 0 Å². The van der Waals surface area contributed by atoms with Gasteiger partial charge in [-0.15, -0.1) is 0 Å². The third-order valence-corrected chi connectivity index (χ3v) is 4.86. The van der Waals surface area contributed by atoms with Crippen LogP contribution in [0.1, 0.15) is 52.0 Å². The zero-order chi connectivity index (χ0) is 15.3. The topological polar surface area (TPSA) is 29.3 Å². The Kier molecular flexibility index (Phi) is 5.83. The summed E-state index contributed by atoms with van der Waals surface area (Å²) in [6, 6.07) is 11.6. The first-order valence-corrected chi connectivity index (χ1v) is 8.56. The molecule has 0 saturated heterocycles. The molecule has 1 aromatic carbocycles. The van der Waals surface area contributed by atoms with Crippen molar-refractivity contribution in [3.05, 3.63) is 35.9 Å². The Morgan fingerprint density at radius 3 is 2.43 bits per heavy atom. The third-order valence-electron chi connectivity index (χ3n) is 4.86. The number of nitrogens with zero attached hydrogens (tertiary/aromatic N) is 1. The molecule has 1 fully saturated rings. The molecule has 0 aliphatic heterocycles. The molecule has 1 atom stereocenters. The van der Waals surface area contributed by atoms with E-state index in [1.165, 1.54) is 31.4 Å². The minimum Gasteiger partial charge on any atom is -0.329 e. The van der Waals surface area contributed by atoms with Gasteiger partial charge in [0.25, 0.3) is 0 Å². The van der Waals surface area contributed by atoms with Gasteiger partial charge in [0.05, 0.1) is 0 Å². The maximum Gasteiger partial charge on any atom is 0.0309 e. The van der Waals surface area contributed by atoms with Crippen LogP contribution in [0.15, 0.2) is 30.3 Å². The maximum absolute atomic E-state index is 6.20. The Bertz CT molecular complexity index is 411. The molecular formula is C19H32N2. The van der Waals surface area contributed by atoms with Crippen molar-refractivity contribution in [2.24, 2.45) is 11.7 Å². The summed E-state index contributed by atoms with van der Waals surface area (Å²) in [5, 5.41) is 0. The maximum atomic E-state index is 6.20. The van der Waals surface area contributed by atoms with Gasteiger partial charge in [0.2, 0.25) is 0 Å². The fourth-order valence-corrected chi connectivity index (χ4v) is 3.10. The van der Waals surface area contributed by atoms with Crippen LogP contribution in [0.2, 0.25) is 0 Å². The van der Waals surface area contributed by atoms with Gasteiger partial charge in [0.1, 0.15) is 0 Å². The molecule has 1 unspecified atom stereocenters. The van der Waals surface area contributed by atoms with Crippen molar-refractivity contribution in [2.45, 2.75) is 64.5 Å². The van der Waals surface area contributed by atoms with Crippen molar-refractivity contribution >= 4 is 0 Å². The molecule has 0 spiro atoms. The number of nitrogens with two attached hydrogens (primary N) is 1. The van der Waals surface area contributed by atoms with Gasteiger partial charge in [-0.1, -0.05) is 44.2 Å². The largest absolute Gasteiger partial charge is 0.329 e. The lowest BCUT2D eigenvalue weighted by Crippen LogP contribution is -2.53. The number of benzene rings is 1. The van der Waals surface area contributed by atoms with Crippen LogP contribution in [0.5, 0.6) is 0 Å². The molecule has 0 radical (unpaired) electrons. The number of rotatable bonds is 9. The summed E-state index contributed by atoms with van der Waals surface area (Å²) in [6.07, 6.45) is 6.27. The molecule has 1 saturated carbocycles. The lowest BCUT2D eigenvalue weighted by atomic mass is 9.90. The molecule has 2 heteroatoms. The van der Waals surface area contributed by atoms with E-state index in [1.54, 1.807) is 0 Å². The molecular weight excluding hydrogens is 256 g/mol. The summed E-state index contributed by atoms with van der Waals surface area (Å²) in [7, 11) is 0. The van der Waals surface area contributed by atoms with E-state index in [0.29, 0.717) is 0 Å². The molecule has 118 valence electrons. The Morgan fingerprint density at radius 2 is 1.90 bits per heavy atom. The van der Waals surface area contributed by atoms with E-state index in [-0.39, 0.29) is 5.54 Å².